The lowest BCUT2D eigenvalue weighted by Gasteiger charge is -2.16. The van der Waals surface area contributed by atoms with E-state index in [1.165, 1.54) is 4.80 Å². The number of hydrogen-bond acceptors (Lipinski definition) is 5. The lowest BCUT2D eigenvalue weighted by molar-refractivity contribution is -0.123. The number of nitrogens with zero attached hydrogens (tertiary/aromatic N) is 4. The van der Waals surface area contributed by atoms with Crippen LogP contribution in [-0.4, -0.2) is 32.5 Å². The lowest BCUT2D eigenvalue weighted by atomic mass is 9.90. The van der Waals surface area contributed by atoms with Crippen LogP contribution in [0.4, 0.5) is 0 Å². The van der Waals surface area contributed by atoms with Crippen LogP contribution in [0.15, 0.2) is 0 Å². The Kier molecular flexibility index (Phi) is 3.90. The highest BCUT2D eigenvalue weighted by Gasteiger charge is 2.21. The Morgan fingerprint density at radius 3 is 2.60 bits per heavy atom. The van der Waals surface area contributed by atoms with Crippen molar-refractivity contribution in [1.29, 1.82) is 0 Å². The lowest BCUT2D eigenvalue weighted by Crippen LogP contribution is -2.29. The molecule has 1 atom stereocenters. The van der Waals surface area contributed by atoms with Gasteiger partial charge in [-0.1, -0.05) is 13.8 Å². The highest BCUT2D eigenvalue weighted by atomic mass is 16.1. The van der Waals surface area contributed by atoms with Gasteiger partial charge in [0.05, 0.1) is 13.5 Å². The van der Waals surface area contributed by atoms with Crippen LogP contribution >= 0.6 is 0 Å². The number of hydrogen-bond donors (Lipinski definition) is 1. The smallest absolute Gasteiger partial charge is 0.182 e. The van der Waals surface area contributed by atoms with E-state index < -0.39 is 0 Å². The normalized spacial score (nSPS) is 13.1. The molecule has 0 aliphatic rings. The van der Waals surface area contributed by atoms with E-state index in [1.54, 1.807) is 7.05 Å². The maximum Gasteiger partial charge on any atom is 0.182 e. The molecule has 1 rings (SSSR count). The zero-order valence-corrected chi connectivity index (χ0v) is 9.34. The third kappa shape index (κ3) is 3.09. The van der Waals surface area contributed by atoms with Crippen LogP contribution in [0.1, 0.15) is 19.7 Å². The number of aromatic nitrogens is 4. The monoisotopic (exact) mass is 211 g/mol. The number of nitrogens with two attached hydrogens (primary N) is 1. The van der Waals surface area contributed by atoms with Crippen molar-refractivity contribution < 1.29 is 4.79 Å². The molecule has 0 amide bonds. The second kappa shape index (κ2) is 4.97. The average Bonchev–Trinajstić information content (AvgIpc) is 2.51. The van der Waals surface area contributed by atoms with Crippen LogP contribution in [-0.2, 0) is 18.3 Å². The van der Waals surface area contributed by atoms with Crippen LogP contribution in [0.5, 0.6) is 0 Å². The van der Waals surface area contributed by atoms with Crippen molar-refractivity contribution in [3.63, 3.8) is 0 Å². The summed E-state index contributed by atoms with van der Waals surface area (Å²) in [5.74, 6) is 0.676. The Hall–Kier alpha value is -1.30. The number of tetrazole rings is 1. The number of carbonyl (C=O) groups is 1. The third-order valence-electron chi connectivity index (χ3n) is 2.35. The predicted octanol–water partition coefficient (Wildman–Crippen LogP) is -0.447. The van der Waals surface area contributed by atoms with Crippen molar-refractivity contribution >= 4 is 5.78 Å². The van der Waals surface area contributed by atoms with E-state index in [0.29, 0.717) is 12.4 Å². The van der Waals surface area contributed by atoms with Gasteiger partial charge in [0, 0.05) is 12.5 Å². The van der Waals surface area contributed by atoms with Gasteiger partial charge in [0.1, 0.15) is 5.78 Å². The quantitative estimate of drug-likeness (QED) is 0.713. The van der Waals surface area contributed by atoms with Crippen molar-refractivity contribution in [3.05, 3.63) is 5.82 Å². The molecule has 84 valence electrons. The van der Waals surface area contributed by atoms with E-state index in [2.05, 4.69) is 15.4 Å². The minimum absolute atomic E-state index is 0.0838. The molecular formula is C9H17N5O. The van der Waals surface area contributed by atoms with E-state index in [4.69, 9.17) is 5.73 Å². The summed E-state index contributed by atoms with van der Waals surface area (Å²) in [5, 5.41) is 11.4. The van der Waals surface area contributed by atoms with E-state index in [9.17, 15) is 4.79 Å². The van der Waals surface area contributed by atoms with Crippen LogP contribution in [0.2, 0.25) is 0 Å². The van der Waals surface area contributed by atoms with Crippen LogP contribution < -0.4 is 5.73 Å². The van der Waals surface area contributed by atoms with Crippen LogP contribution in [0, 0.1) is 11.8 Å². The fraction of sp³-hybridized carbons (Fsp3) is 0.778. The molecule has 0 radical (unpaired) electrons. The van der Waals surface area contributed by atoms with Crippen molar-refractivity contribution in [1.82, 2.24) is 20.2 Å². The Morgan fingerprint density at radius 2 is 2.20 bits per heavy atom. The van der Waals surface area contributed by atoms with Crippen molar-refractivity contribution in [2.45, 2.75) is 20.3 Å². The highest BCUT2D eigenvalue weighted by molar-refractivity contribution is 5.82. The summed E-state index contributed by atoms with van der Waals surface area (Å²) in [6, 6.07) is 0. The molecule has 1 unspecified atom stereocenters. The average molecular weight is 211 g/mol. The summed E-state index contributed by atoms with van der Waals surface area (Å²) >= 11 is 0. The second-order valence-corrected chi connectivity index (χ2v) is 3.92. The molecule has 2 N–H and O–H groups in total. The molecule has 0 spiro atoms. The van der Waals surface area contributed by atoms with E-state index in [1.807, 2.05) is 13.8 Å². The Labute approximate surface area is 88.8 Å². The molecule has 1 heterocycles. The number of rotatable bonds is 5. The largest absolute Gasteiger partial charge is 0.330 e. The molecule has 6 heteroatoms. The first-order valence-corrected chi connectivity index (χ1v) is 5.00. The number of Topliss-reactive ketones (excluding diaryl/α,β-unsaturated/α-hetero) is 1. The Morgan fingerprint density at radius 1 is 1.53 bits per heavy atom. The second-order valence-electron chi connectivity index (χ2n) is 3.92. The minimum Gasteiger partial charge on any atom is -0.330 e. The molecule has 1 aromatic rings. The molecule has 15 heavy (non-hydrogen) atoms. The summed E-state index contributed by atoms with van der Waals surface area (Å²) in [5.41, 5.74) is 5.55. The van der Waals surface area contributed by atoms with Crippen molar-refractivity contribution in [2.24, 2.45) is 24.6 Å². The van der Waals surface area contributed by atoms with Gasteiger partial charge in [0.25, 0.3) is 0 Å². The number of ketones is 1. The van der Waals surface area contributed by atoms with Gasteiger partial charge in [0.2, 0.25) is 0 Å². The topological polar surface area (TPSA) is 86.7 Å². The Bertz CT molecular complexity index is 333. The fourth-order valence-corrected chi connectivity index (χ4v) is 1.46. The molecular weight excluding hydrogens is 194 g/mol. The summed E-state index contributed by atoms with van der Waals surface area (Å²) in [4.78, 5) is 13.1. The van der Waals surface area contributed by atoms with E-state index in [0.717, 1.165) is 0 Å². The van der Waals surface area contributed by atoms with Gasteiger partial charge in [-0.2, -0.15) is 4.80 Å². The van der Waals surface area contributed by atoms with Gasteiger partial charge in [-0.25, -0.2) is 0 Å². The molecule has 0 saturated carbocycles. The maximum atomic E-state index is 11.8. The van der Waals surface area contributed by atoms with Crippen LogP contribution in [0.25, 0.3) is 0 Å². The summed E-state index contributed by atoms with van der Waals surface area (Å²) < 4.78 is 0. The molecule has 1 aromatic heterocycles. The fourth-order valence-electron chi connectivity index (χ4n) is 1.46. The molecule has 0 aliphatic carbocycles. The van der Waals surface area contributed by atoms with Gasteiger partial charge in [-0.15, -0.1) is 10.2 Å². The van der Waals surface area contributed by atoms with Gasteiger partial charge < -0.3 is 5.73 Å². The zero-order chi connectivity index (χ0) is 11.4. The van der Waals surface area contributed by atoms with Gasteiger partial charge in [-0.05, 0) is 11.1 Å². The number of aryl methyl sites for hydroxylation is 1. The first-order chi connectivity index (χ1) is 7.04. The molecule has 0 saturated heterocycles. The van der Waals surface area contributed by atoms with E-state index >= 15 is 0 Å². The highest BCUT2D eigenvalue weighted by Crippen LogP contribution is 2.12. The van der Waals surface area contributed by atoms with Crippen molar-refractivity contribution in [2.75, 3.05) is 6.54 Å². The molecule has 0 bridgehead atoms. The van der Waals surface area contributed by atoms with Gasteiger partial charge in [0.15, 0.2) is 5.82 Å². The Balaban J connectivity index is 2.62. The van der Waals surface area contributed by atoms with Crippen molar-refractivity contribution in [3.8, 4) is 0 Å². The minimum atomic E-state index is -0.117. The summed E-state index contributed by atoms with van der Waals surface area (Å²) in [6.07, 6.45) is 0.216. The molecule has 6 nitrogen and oxygen atoms in total. The van der Waals surface area contributed by atoms with Crippen LogP contribution in [0.3, 0.4) is 0 Å². The summed E-state index contributed by atoms with van der Waals surface area (Å²) in [6.45, 7) is 4.34. The number of carbonyl (C=O) groups excluding carboxylic acids is 1. The summed E-state index contributed by atoms with van der Waals surface area (Å²) in [7, 11) is 1.67. The molecule has 0 fully saturated rings. The van der Waals surface area contributed by atoms with E-state index in [-0.39, 0.29) is 24.0 Å². The SMILES string of the molecule is CC(C)C(CN)C(=O)Cc1nnn(C)n1. The third-order valence-corrected chi connectivity index (χ3v) is 2.35. The zero-order valence-electron chi connectivity index (χ0n) is 9.34. The van der Waals surface area contributed by atoms with Gasteiger partial charge >= 0.3 is 0 Å². The standard InChI is InChI=1S/C9H17N5O/c1-6(2)7(5-10)8(15)4-9-11-13-14(3)12-9/h6-7H,4-5,10H2,1-3H3. The predicted molar refractivity (Wildman–Crippen MR) is 54.9 cm³/mol. The first-order valence-electron chi connectivity index (χ1n) is 5.00. The van der Waals surface area contributed by atoms with Gasteiger partial charge in [-0.3, -0.25) is 4.79 Å². The first kappa shape index (κ1) is 11.8. The molecule has 0 aliphatic heterocycles. The maximum absolute atomic E-state index is 11.8. The molecule has 0 aromatic carbocycles.